The average molecular weight is 453 g/mol. The van der Waals surface area contributed by atoms with Crippen molar-refractivity contribution in [2.75, 3.05) is 26.3 Å². The number of nitroso groups, excluding NO2 is 1. The first-order valence-corrected chi connectivity index (χ1v) is 10.9. The van der Waals surface area contributed by atoms with Crippen LogP contribution in [0.15, 0.2) is 47.9 Å². The average Bonchev–Trinajstić information content (AvgIpc) is 3.40. The lowest BCUT2D eigenvalue weighted by Crippen LogP contribution is -2.36. The molecule has 0 spiro atoms. The van der Waals surface area contributed by atoms with Crippen molar-refractivity contribution < 1.29 is 13.9 Å². The lowest BCUT2D eigenvalue weighted by atomic mass is 10.3. The number of hydrogen-bond acceptors (Lipinski definition) is 8. The number of imidazole rings is 1. The highest BCUT2D eigenvalue weighted by molar-refractivity contribution is 7.22. The predicted molar refractivity (Wildman–Crippen MR) is 120 cm³/mol. The van der Waals surface area contributed by atoms with Gasteiger partial charge in [0.15, 0.2) is 11.6 Å². The lowest BCUT2D eigenvalue weighted by Gasteiger charge is -2.26. The second kappa shape index (κ2) is 8.73. The molecule has 32 heavy (non-hydrogen) atoms. The van der Waals surface area contributed by atoms with Crippen LogP contribution in [0.4, 0.5) is 10.1 Å². The number of hydrogen-bond donors (Lipinski definition) is 0. The van der Waals surface area contributed by atoms with Crippen molar-refractivity contribution in [1.29, 1.82) is 0 Å². The monoisotopic (exact) mass is 453 g/mol. The molecule has 0 N–H and O–H groups in total. The van der Waals surface area contributed by atoms with E-state index in [9.17, 15) is 9.30 Å². The molecule has 5 rings (SSSR count). The van der Waals surface area contributed by atoms with Gasteiger partial charge in [-0.25, -0.2) is 9.37 Å². The largest absolute Gasteiger partial charge is 0.453 e. The highest BCUT2D eigenvalue weighted by Gasteiger charge is 2.18. The van der Waals surface area contributed by atoms with Gasteiger partial charge in [0.1, 0.15) is 17.3 Å². The van der Waals surface area contributed by atoms with Gasteiger partial charge in [0.05, 0.1) is 40.2 Å². The number of nitrogens with zero attached hydrogens (tertiary/aromatic N) is 5. The van der Waals surface area contributed by atoms with Crippen LogP contribution in [-0.4, -0.2) is 45.7 Å². The Hall–Kier alpha value is -3.21. The van der Waals surface area contributed by atoms with Crippen LogP contribution in [0.1, 0.15) is 5.69 Å². The minimum atomic E-state index is -0.652. The fraction of sp³-hybridized carbons (Fsp3) is 0.273. The molecule has 0 amide bonds. The molecule has 1 saturated heterocycles. The maximum absolute atomic E-state index is 14.3. The fourth-order valence-electron chi connectivity index (χ4n) is 3.66. The standard InChI is InChI=1S/C22H20FN5O3S/c1-27-15(13-28-6-8-30-9-7-28)12-25-22(27)20-11-17-21(32-20)19(4-5-24-17)31-18-3-2-14(26-29)10-16(18)23/h2-5,10-12H,6-9,13H2,1H3. The van der Waals surface area contributed by atoms with Crippen LogP contribution in [0.3, 0.4) is 0 Å². The van der Waals surface area contributed by atoms with Gasteiger partial charge < -0.3 is 14.0 Å². The van der Waals surface area contributed by atoms with Crippen molar-refractivity contribution in [2.45, 2.75) is 6.54 Å². The van der Waals surface area contributed by atoms with Crippen LogP contribution in [0.2, 0.25) is 0 Å². The molecule has 1 fully saturated rings. The Labute approximate surface area is 187 Å². The van der Waals surface area contributed by atoms with E-state index >= 15 is 0 Å². The minimum absolute atomic E-state index is 0.0100. The van der Waals surface area contributed by atoms with E-state index in [4.69, 9.17) is 9.47 Å². The summed E-state index contributed by atoms with van der Waals surface area (Å²) in [7, 11) is 2.01. The van der Waals surface area contributed by atoms with Crippen LogP contribution in [0, 0.1) is 10.7 Å². The number of halogens is 1. The Balaban J connectivity index is 1.44. The zero-order valence-electron chi connectivity index (χ0n) is 17.3. The number of benzene rings is 1. The third-order valence-corrected chi connectivity index (χ3v) is 6.55. The van der Waals surface area contributed by atoms with E-state index in [-0.39, 0.29) is 11.4 Å². The van der Waals surface area contributed by atoms with Crippen molar-refractivity contribution in [2.24, 2.45) is 12.2 Å². The van der Waals surface area contributed by atoms with Crippen LogP contribution >= 0.6 is 11.3 Å². The third kappa shape index (κ3) is 3.99. The van der Waals surface area contributed by atoms with Crippen molar-refractivity contribution >= 4 is 27.2 Å². The molecule has 164 valence electrons. The molecule has 0 bridgehead atoms. The summed E-state index contributed by atoms with van der Waals surface area (Å²) in [4.78, 5) is 23.0. The third-order valence-electron chi connectivity index (χ3n) is 5.41. The zero-order chi connectivity index (χ0) is 22.1. The molecular weight excluding hydrogens is 433 g/mol. The summed E-state index contributed by atoms with van der Waals surface area (Å²) in [6.07, 6.45) is 3.52. The Morgan fingerprint density at radius 2 is 2.03 bits per heavy atom. The van der Waals surface area contributed by atoms with E-state index in [1.54, 1.807) is 12.3 Å². The van der Waals surface area contributed by atoms with Crippen molar-refractivity contribution in [1.82, 2.24) is 19.4 Å². The summed E-state index contributed by atoms with van der Waals surface area (Å²) >= 11 is 1.49. The van der Waals surface area contributed by atoms with Gasteiger partial charge in [0.25, 0.3) is 0 Å². The molecule has 4 heterocycles. The maximum Gasteiger partial charge on any atom is 0.167 e. The molecule has 0 atom stereocenters. The molecule has 0 unspecified atom stereocenters. The Bertz CT molecular complexity index is 1280. The van der Waals surface area contributed by atoms with Gasteiger partial charge in [0, 0.05) is 45.0 Å². The predicted octanol–water partition coefficient (Wildman–Crippen LogP) is 4.86. The number of fused-ring (bicyclic) bond motifs is 1. The van der Waals surface area contributed by atoms with E-state index in [1.807, 2.05) is 19.3 Å². The van der Waals surface area contributed by atoms with Crippen molar-refractivity contribution in [3.8, 4) is 22.2 Å². The first-order chi connectivity index (χ1) is 15.6. The molecule has 4 aromatic rings. The molecule has 3 aromatic heterocycles. The zero-order valence-corrected chi connectivity index (χ0v) is 18.1. The van der Waals surface area contributed by atoms with Gasteiger partial charge in [-0.15, -0.1) is 16.2 Å². The quantitative estimate of drug-likeness (QED) is 0.388. The normalized spacial score (nSPS) is 14.7. The number of pyridine rings is 1. The molecule has 10 heteroatoms. The van der Waals surface area contributed by atoms with Crippen LogP contribution in [0.25, 0.3) is 20.9 Å². The van der Waals surface area contributed by atoms with Crippen molar-refractivity contribution in [3.05, 3.63) is 59.1 Å². The SMILES string of the molecule is Cn1c(CN2CCOCC2)cnc1-c1cc2nccc(Oc3ccc(N=O)cc3F)c2s1. The Morgan fingerprint density at radius 3 is 2.81 bits per heavy atom. The molecule has 1 aromatic carbocycles. The number of ether oxygens (including phenoxy) is 2. The number of aromatic nitrogens is 3. The molecule has 1 aliphatic rings. The summed E-state index contributed by atoms with van der Waals surface area (Å²) in [5.74, 6) is 0.694. The van der Waals surface area contributed by atoms with Gasteiger partial charge in [-0.3, -0.25) is 9.88 Å². The highest BCUT2D eigenvalue weighted by atomic mass is 32.1. The van der Waals surface area contributed by atoms with Gasteiger partial charge >= 0.3 is 0 Å². The van der Waals surface area contributed by atoms with E-state index in [2.05, 4.69) is 24.6 Å². The Kier molecular flexibility index (Phi) is 5.64. The number of rotatable bonds is 6. The number of thiophene rings is 1. The van der Waals surface area contributed by atoms with Crippen LogP contribution in [-0.2, 0) is 18.3 Å². The molecule has 0 aliphatic carbocycles. The molecule has 1 aliphatic heterocycles. The highest BCUT2D eigenvalue weighted by Crippen LogP contribution is 2.39. The molecule has 0 saturated carbocycles. The topological polar surface area (TPSA) is 81.8 Å². The summed E-state index contributed by atoms with van der Waals surface area (Å²) in [6, 6.07) is 7.50. The van der Waals surface area contributed by atoms with Crippen LogP contribution in [0.5, 0.6) is 11.5 Å². The second-order valence-electron chi connectivity index (χ2n) is 7.46. The van der Waals surface area contributed by atoms with E-state index in [1.165, 1.54) is 23.5 Å². The van der Waals surface area contributed by atoms with Gasteiger partial charge in [-0.2, -0.15) is 0 Å². The molecule has 8 nitrogen and oxygen atoms in total. The minimum Gasteiger partial charge on any atom is -0.453 e. The summed E-state index contributed by atoms with van der Waals surface area (Å²) in [5, 5.41) is 2.74. The first kappa shape index (κ1) is 20.7. The van der Waals surface area contributed by atoms with E-state index in [0.717, 1.165) is 65.5 Å². The Morgan fingerprint density at radius 1 is 1.19 bits per heavy atom. The summed E-state index contributed by atoms with van der Waals surface area (Å²) in [5.41, 5.74) is 1.87. The fourth-order valence-corrected chi connectivity index (χ4v) is 4.76. The van der Waals surface area contributed by atoms with Crippen molar-refractivity contribution in [3.63, 3.8) is 0 Å². The first-order valence-electron chi connectivity index (χ1n) is 10.1. The van der Waals surface area contributed by atoms with Gasteiger partial charge in [-0.1, -0.05) is 0 Å². The summed E-state index contributed by atoms with van der Waals surface area (Å²) in [6.45, 7) is 4.15. The smallest absolute Gasteiger partial charge is 0.167 e. The number of morpholine rings is 1. The lowest BCUT2D eigenvalue weighted by molar-refractivity contribution is 0.0333. The van der Waals surface area contributed by atoms with Crippen LogP contribution < -0.4 is 4.74 Å². The summed E-state index contributed by atoms with van der Waals surface area (Å²) < 4.78 is 28.4. The second-order valence-corrected chi connectivity index (χ2v) is 8.52. The molecular formula is C22H20FN5O3S. The van der Waals surface area contributed by atoms with E-state index in [0.29, 0.717) is 5.75 Å². The van der Waals surface area contributed by atoms with Gasteiger partial charge in [-0.05, 0) is 23.4 Å². The maximum atomic E-state index is 14.3. The van der Waals surface area contributed by atoms with E-state index < -0.39 is 5.82 Å². The molecule has 0 radical (unpaired) electrons. The van der Waals surface area contributed by atoms with Gasteiger partial charge in [0.2, 0.25) is 0 Å².